The van der Waals surface area contributed by atoms with E-state index in [-0.39, 0.29) is 5.82 Å². The first-order valence-corrected chi connectivity index (χ1v) is 9.92. The summed E-state index contributed by atoms with van der Waals surface area (Å²) in [5.74, 6) is 1.06. The van der Waals surface area contributed by atoms with Crippen LogP contribution in [-0.2, 0) is 3.79 Å². The molecule has 0 radical (unpaired) electrons. The number of hydrogen-bond donors (Lipinski definition) is 1. The van der Waals surface area contributed by atoms with Gasteiger partial charge in [0.15, 0.2) is 11.6 Å². The van der Waals surface area contributed by atoms with E-state index in [2.05, 4.69) is 25.2 Å². The van der Waals surface area contributed by atoms with Crippen molar-refractivity contribution in [3.05, 3.63) is 35.7 Å². The van der Waals surface area contributed by atoms with Crippen LogP contribution in [0, 0.1) is 6.92 Å². The van der Waals surface area contributed by atoms with Crippen LogP contribution >= 0.6 is 34.8 Å². The minimum Gasteiger partial charge on any atom is -0.354 e. The van der Waals surface area contributed by atoms with Crippen LogP contribution in [0.2, 0.25) is 0 Å². The van der Waals surface area contributed by atoms with E-state index in [4.69, 9.17) is 34.8 Å². The van der Waals surface area contributed by atoms with Crippen LogP contribution in [0.3, 0.4) is 0 Å². The first kappa shape index (κ1) is 19.6. The predicted octanol–water partition coefficient (Wildman–Crippen LogP) is 4.57. The van der Waals surface area contributed by atoms with Gasteiger partial charge in [-0.05, 0) is 51.4 Å². The predicted molar refractivity (Wildman–Crippen MR) is 108 cm³/mol. The number of likely N-dealkylation sites (tertiary alicyclic amines) is 1. The van der Waals surface area contributed by atoms with Gasteiger partial charge in [0.2, 0.25) is 9.74 Å². The molecule has 8 heteroatoms. The molecule has 0 saturated carbocycles. The Bertz CT molecular complexity index is 742. The van der Waals surface area contributed by atoms with Gasteiger partial charge in [0, 0.05) is 12.1 Å². The van der Waals surface area contributed by atoms with E-state index < -0.39 is 3.79 Å². The van der Waals surface area contributed by atoms with Crippen molar-refractivity contribution in [3.63, 3.8) is 0 Å². The highest BCUT2D eigenvalue weighted by Gasteiger charge is 2.28. The molecule has 1 saturated heterocycles. The number of benzene rings is 1. The van der Waals surface area contributed by atoms with Crippen molar-refractivity contribution in [2.75, 3.05) is 31.5 Å². The zero-order valence-electron chi connectivity index (χ0n) is 14.7. The van der Waals surface area contributed by atoms with Crippen LogP contribution in [-0.4, -0.2) is 46.0 Å². The minimum absolute atomic E-state index is 0.123. The highest BCUT2D eigenvalue weighted by molar-refractivity contribution is 6.66. The quantitative estimate of drug-likeness (QED) is 0.554. The van der Waals surface area contributed by atoms with Crippen LogP contribution in [0.15, 0.2) is 24.3 Å². The molecule has 1 aliphatic rings. The number of aryl methyl sites for hydroxylation is 1. The van der Waals surface area contributed by atoms with Crippen molar-refractivity contribution in [3.8, 4) is 11.4 Å². The number of hydrogen-bond acceptors (Lipinski definition) is 5. The van der Waals surface area contributed by atoms with Gasteiger partial charge in [0.1, 0.15) is 0 Å². The largest absolute Gasteiger partial charge is 0.354 e. The molecule has 26 heavy (non-hydrogen) atoms. The molecule has 0 amide bonds. The molecule has 0 spiro atoms. The van der Waals surface area contributed by atoms with Crippen molar-refractivity contribution in [1.29, 1.82) is 0 Å². The number of rotatable bonds is 6. The van der Waals surface area contributed by atoms with Crippen molar-refractivity contribution in [2.24, 2.45) is 0 Å². The number of anilines is 1. The highest BCUT2D eigenvalue weighted by atomic mass is 35.6. The van der Waals surface area contributed by atoms with Crippen molar-refractivity contribution < 1.29 is 0 Å². The minimum atomic E-state index is -1.70. The number of halogens is 3. The van der Waals surface area contributed by atoms with E-state index in [0.29, 0.717) is 11.8 Å². The SMILES string of the molecule is Cc1ccccc1-c1nc(NCCCN2CCCC2)nc(C(Cl)(Cl)Cl)n1. The Kier molecular flexibility index (Phi) is 6.56. The summed E-state index contributed by atoms with van der Waals surface area (Å²) in [6.45, 7) is 6.21. The molecule has 1 aromatic carbocycles. The standard InChI is InChI=1S/C18H22Cl3N5/c1-13-7-2-3-8-14(13)15-23-16(18(19,20)21)25-17(24-15)22-9-6-12-26-10-4-5-11-26/h2-3,7-8H,4-6,9-12H2,1H3,(H,22,23,24,25). The van der Waals surface area contributed by atoms with Gasteiger partial charge in [-0.25, -0.2) is 4.98 Å². The van der Waals surface area contributed by atoms with E-state index in [1.165, 1.54) is 25.9 Å². The average Bonchev–Trinajstić information content (AvgIpc) is 3.11. The molecule has 2 aromatic rings. The fourth-order valence-corrected chi connectivity index (χ4v) is 3.29. The summed E-state index contributed by atoms with van der Waals surface area (Å²) >= 11 is 18.1. The fourth-order valence-electron chi connectivity index (χ4n) is 3.04. The van der Waals surface area contributed by atoms with Gasteiger partial charge in [-0.1, -0.05) is 59.1 Å². The monoisotopic (exact) mass is 413 g/mol. The molecule has 1 aliphatic heterocycles. The van der Waals surface area contributed by atoms with Gasteiger partial charge < -0.3 is 10.2 Å². The summed E-state index contributed by atoms with van der Waals surface area (Å²) in [6.07, 6.45) is 3.61. The summed E-state index contributed by atoms with van der Waals surface area (Å²) in [4.78, 5) is 15.6. The summed E-state index contributed by atoms with van der Waals surface area (Å²) in [5, 5.41) is 3.25. The molecule has 0 atom stereocenters. The lowest BCUT2D eigenvalue weighted by Crippen LogP contribution is -2.23. The lowest BCUT2D eigenvalue weighted by atomic mass is 10.1. The maximum absolute atomic E-state index is 6.02. The molecule has 3 rings (SSSR count). The third kappa shape index (κ3) is 5.19. The number of nitrogens with zero attached hydrogens (tertiary/aromatic N) is 4. The summed E-state index contributed by atoms with van der Waals surface area (Å²) in [5.41, 5.74) is 1.94. The first-order chi connectivity index (χ1) is 12.4. The molecular weight excluding hydrogens is 393 g/mol. The molecule has 5 nitrogen and oxygen atoms in total. The van der Waals surface area contributed by atoms with Crippen LogP contribution in [0.5, 0.6) is 0 Å². The van der Waals surface area contributed by atoms with Crippen LogP contribution in [0.4, 0.5) is 5.95 Å². The van der Waals surface area contributed by atoms with E-state index in [1.807, 2.05) is 31.2 Å². The number of nitrogens with one attached hydrogen (secondary N) is 1. The topological polar surface area (TPSA) is 53.9 Å². The Balaban J connectivity index is 1.75. The van der Waals surface area contributed by atoms with Gasteiger partial charge in [-0.2, -0.15) is 9.97 Å². The molecule has 0 aliphatic carbocycles. The second-order valence-electron chi connectivity index (χ2n) is 6.45. The normalized spacial score (nSPS) is 15.4. The fraction of sp³-hybridized carbons (Fsp3) is 0.500. The first-order valence-electron chi connectivity index (χ1n) is 8.79. The zero-order valence-corrected chi connectivity index (χ0v) is 16.9. The third-order valence-electron chi connectivity index (χ3n) is 4.41. The Hall–Kier alpha value is -1.14. The van der Waals surface area contributed by atoms with Crippen LogP contribution in [0.1, 0.15) is 30.7 Å². The van der Waals surface area contributed by atoms with Crippen molar-refractivity contribution in [2.45, 2.75) is 30.0 Å². The van der Waals surface area contributed by atoms with E-state index in [9.17, 15) is 0 Å². The molecule has 0 unspecified atom stereocenters. The summed E-state index contributed by atoms with van der Waals surface area (Å²) < 4.78 is -1.70. The maximum atomic E-state index is 6.02. The third-order valence-corrected chi connectivity index (χ3v) is 4.91. The average molecular weight is 415 g/mol. The Morgan fingerprint density at radius 1 is 1.08 bits per heavy atom. The Labute approximate surface area is 169 Å². The summed E-state index contributed by atoms with van der Waals surface area (Å²) in [6, 6.07) is 7.85. The molecule has 0 bridgehead atoms. The molecule has 1 fully saturated rings. The number of alkyl halides is 3. The second-order valence-corrected chi connectivity index (χ2v) is 8.73. The smallest absolute Gasteiger partial charge is 0.250 e. The van der Waals surface area contributed by atoms with Gasteiger partial charge in [0.05, 0.1) is 0 Å². The van der Waals surface area contributed by atoms with Gasteiger partial charge in [-0.3, -0.25) is 0 Å². The molecule has 1 aromatic heterocycles. The van der Waals surface area contributed by atoms with E-state index >= 15 is 0 Å². The van der Waals surface area contributed by atoms with Crippen molar-refractivity contribution >= 4 is 40.8 Å². The summed E-state index contributed by atoms with van der Waals surface area (Å²) in [7, 11) is 0. The van der Waals surface area contributed by atoms with Crippen LogP contribution < -0.4 is 5.32 Å². The zero-order chi connectivity index (χ0) is 18.6. The molecular formula is C18H22Cl3N5. The van der Waals surface area contributed by atoms with E-state index in [0.717, 1.165) is 30.6 Å². The Morgan fingerprint density at radius 2 is 1.81 bits per heavy atom. The van der Waals surface area contributed by atoms with Gasteiger partial charge in [-0.15, -0.1) is 0 Å². The second kappa shape index (κ2) is 8.70. The van der Waals surface area contributed by atoms with Crippen LogP contribution in [0.25, 0.3) is 11.4 Å². The lowest BCUT2D eigenvalue weighted by molar-refractivity contribution is 0.337. The van der Waals surface area contributed by atoms with Crippen molar-refractivity contribution in [1.82, 2.24) is 19.9 Å². The molecule has 2 heterocycles. The molecule has 140 valence electrons. The van der Waals surface area contributed by atoms with Gasteiger partial charge >= 0.3 is 0 Å². The molecule has 1 N–H and O–H groups in total. The maximum Gasteiger partial charge on any atom is 0.250 e. The van der Waals surface area contributed by atoms with Gasteiger partial charge in [0.25, 0.3) is 0 Å². The number of aromatic nitrogens is 3. The lowest BCUT2D eigenvalue weighted by Gasteiger charge is -2.16. The highest BCUT2D eigenvalue weighted by Crippen LogP contribution is 2.37. The van der Waals surface area contributed by atoms with E-state index in [1.54, 1.807) is 0 Å². The Morgan fingerprint density at radius 3 is 2.50 bits per heavy atom.